The SMILES string of the molecule is C=CCCCCCCCC(Cl)C(C)C. The van der Waals surface area contributed by atoms with Gasteiger partial charge in [0.2, 0.25) is 0 Å². The quantitative estimate of drug-likeness (QED) is 0.284. The van der Waals surface area contributed by atoms with Gasteiger partial charge in [-0.2, -0.15) is 0 Å². The van der Waals surface area contributed by atoms with Gasteiger partial charge in [0.25, 0.3) is 0 Å². The van der Waals surface area contributed by atoms with E-state index in [1.165, 1.54) is 44.9 Å². The number of rotatable bonds is 9. The maximum absolute atomic E-state index is 6.16. The topological polar surface area (TPSA) is 0 Å². The third-order valence-electron chi connectivity index (χ3n) is 2.61. The zero-order valence-electron chi connectivity index (χ0n) is 9.77. The number of unbranched alkanes of at least 4 members (excludes halogenated alkanes) is 5. The molecule has 14 heavy (non-hydrogen) atoms. The van der Waals surface area contributed by atoms with E-state index in [0.29, 0.717) is 11.3 Å². The first kappa shape index (κ1) is 14.0. The third kappa shape index (κ3) is 8.62. The van der Waals surface area contributed by atoms with Gasteiger partial charge in [-0.1, -0.05) is 45.6 Å². The lowest BCUT2D eigenvalue weighted by Crippen LogP contribution is -2.06. The van der Waals surface area contributed by atoms with Crippen molar-refractivity contribution in [2.45, 2.75) is 64.2 Å². The zero-order valence-corrected chi connectivity index (χ0v) is 10.5. The normalized spacial score (nSPS) is 13.1. The van der Waals surface area contributed by atoms with Crippen molar-refractivity contribution in [2.24, 2.45) is 5.92 Å². The summed E-state index contributed by atoms with van der Waals surface area (Å²) >= 11 is 6.16. The van der Waals surface area contributed by atoms with E-state index in [1.54, 1.807) is 0 Å². The molecule has 84 valence electrons. The predicted molar refractivity (Wildman–Crippen MR) is 67.0 cm³/mol. The van der Waals surface area contributed by atoms with E-state index < -0.39 is 0 Å². The second-order valence-corrected chi connectivity index (χ2v) is 4.95. The Morgan fingerprint density at radius 1 is 1.07 bits per heavy atom. The van der Waals surface area contributed by atoms with Crippen molar-refractivity contribution < 1.29 is 0 Å². The molecule has 0 N–H and O–H groups in total. The van der Waals surface area contributed by atoms with Crippen molar-refractivity contribution in [3.05, 3.63) is 12.7 Å². The summed E-state index contributed by atoms with van der Waals surface area (Å²) in [5.41, 5.74) is 0. The van der Waals surface area contributed by atoms with Gasteiger partial charge in [0.05, 0.1) is 0 Å². The van der Waals surface area contributed by atoms with Crippen molar-refractivity contribution in [3.63, 3.8) is 0 Å². The van der Waals surface area contributed by atoms with Crippen LogP contribution in [0.3, 0.4) is 0 Å². The van der Waals surface area contributed by atoms with Gasteiger partial charge in [0.1, 0.15) is 0 Å². The van der Waals surface area contributed by atoms with Crippen LogP contribution in [0.4, 0.5) is 0 Å². The van der Waals surface area contributed by atoms with Crippen LogP contribution in [0, 0.1) is 5.92 Å². The summed E-state index contributed by atoms with van der Waals surface area (Å²) < 4.78 is 0. The Morgan fingerprint density at radius 2 is 1.64 bits per heavy atom. The lowest BCUT2D eigenvalue weighted by Gasteiger charge is -2.12. The van der Waals surface area contributed by atoms with Crippen LogP contribution < -0.4 is 0 Å². The summed E-state index contributed by atoms with van der Waals surface area (Å²) in [5.74, 6) is 0.623. The molecule has 0 saturated carbocycles. The highest BCUT2D eigenvalue weighted by Gasteiger charge is 2.07. The van der Waals surface area contributed by atoms with Crippen LogP contribution >= 0.6 is 11.6 Å². The van der Waals surface area contributed by atoms with E-state index in [2.05, 4.69) is 20.4 Å². The minimum atomic E-state index is 0.378. The van der Waals surface area contributed by atoms with Gasteiger partial charge in [0, 0.05) is 5.38 Å². The molecule has 1 atom stereocenters. The van der Waals surface area contributed by atoms with Crippen LogP contribution in [0.1, 0.15) is 58.8 Å². The maximum Gasteiger partial charge on any atom is 0.0359 e. The molecular formula is C13H25Cl. The smallest absolute Gasteiger partial charge is 0.0359 e. The van der Waals surface area contributed by atoms with Gasteiger partial charge in [-0.25, -0.2) is 0 Å². The van der Waals surface area contributed by atoms with Crippen molar-refractivity contribution in [1.82, 2.24) is 0 Å². The van der Waals surface area contributed by atoms with Gasteiger partial charge in [0.15, 0.2) is 0 Å². The Hall–Kier alpha value is 0.0300. The molecule has 0 aliphatic heterocycles. The van der Waals surface area contributed by atoms with Gasteiger partial charge in [-0.3, -0.25) is 0 Å². The second-order valence-electron chi connectivity index (χ2n) is 4.39. The molecule has 0 saturated heterocycles. The molecule has 0 nitrogen and oxygen atoms in total. The molecular weight excluding hydrogens is 192 g/mol. The molecule has 0 aliphatic rings. The number of hydrogen-bond donors (Lipinski definition) is 0. The first-order valence-electron chi connectivity index (χ1n) is 5.93. The number of halogens is 1. The molecule has 1 heteroatoms. The number of hydrogen-bond acceptors (Lipinski definition) is 0. The fraction of sp³-hybridized carbons (Fsp3) is 0.846. The summed E-state index contributed by atoms with van der Waals surface area (Å²) in [5, 5.41) is 0.378. The molecule has 0 radical (unpaired) electrons. The Kier molecular flexibility index (Phi) is 9.60. The molecule has 0 spiro atoms. The highest BCUT2D eigenvalue weighted by Crippen LogP contribution is 2.17. The highest BCUT2D eigenvalue weighted by atomic mass is 35.5. The Morgan fingerprint density at radius 3 is 2.21 bits per heavy atom. The minimum Gasteiger partial charge on any atom is -0.123 e. The fourth-order valence-corrected chi connectivity index (χ4v) is 1.65. The average Bonchev–Trinajstić information content (AvgIpc) is 2.16. The molecule has 1 unspecified atom stereocenters. The van der Waals surface area contributed by atoms with Gasteiger partial charge >= 0.3 is 0 Å². The van der Waals surface area contributed by atoms with Gasteiger partial charge in [-0.05, 0) is 25.2 Å². The van der Waals surface area contributed by atoms with Crippen LogP contribution in [0.2, 0.25) is 0 Å². The standard InChI is InChI=1S/C13H25Cl/c1-4-5-6-7-8-9-10-11-13(14)12(2)3/h4,12-13H,1,5-11H2,2-3H3. The molecule has 0 aromatic carbocycles. The van der Waals surface area contributed by atoms with Crippen LogP contribution in [-0.4, -0.2) is 5.38 Å². The summed E-state index contributed by atoms with van der Waals surface area (Å²) in [4.78, 5) is 0. The minimum absolute atomic E-state index is 0.378. The highest BCUT2D eigenvalue weighted by molar-refractivity contribution is 6.20. The Labute approximate surface area is 94.7 Å². The maximum atomic E-state index is 6.16. The molecule has 0 rings (SSSR count). The van der Waals surface area contributed by atoms with Crippen molar-refractivity contribution >= 4 is 11.6 Å². The van der Waals surface area contributed by atoms with Gasteiger partial charge in [-0.15, -0.1) is 18.2 Å². The summed E-state index contributed by atoms with van der Waals surface area (Å²) in [6.07, 6.45) is 11.0. The van der Waals surface area contributed by atoms with Crippen LogP contribution in [0.25, 0.3) is 0 Å². The lowest BCUT2D eigenvalue weighted by atomic mass is 10.0. The first-order chi connectivity index (χ1) is 6.68. The first-order valence-corrected chi connectivity index (χ1v) is 6.37. The summed E-state index contributed by atoms with van der Waals surface area (Å²) in [7, 11) is 0. The summed E-state index contributed by atoms with van der Waals surface area (Å²) in [6, 6.07) is 0. The molecule has 0 bridgehead atoms. The molecule has 0 aromatic rings. The van der Waals surface area contributed by atoms with E-state index in [4.69, 9.17) is 11.6 Å². The van der Waals surface area contributed by atoms with Crippen LogP contribution in [0.15, 0.2) is 12.7 Å². The lowest BCUT2D eigenvalue weighted by molar-refractivity contribution is 0.519. The van der Waals surface area contributed by atoms with E-state index in [9.17, 15) is 0 Å². The van der Waals surface area contributed by atoms with E-state index in [-0.39, 0.29) is 0 Å². The van der Waals surface area contributed by atoms with E-state index in [1.807, 2.05) is 6.08 Å². The largest absolute Gasteiger partial charge is 0.123 e. The van der Waals surface area contributed by atoms with E-state index >= 15 is 0 Å². The number of allylic oxidation sites excluding steroid dienone is 1. The van der Waals surface area contributed by atoms with Crippen LogP contribution in [0.5, 0.6) is 0 Å². The Balaban J connectivity index is 3.09. The molecule has 0 amide bonds. The van der Waals surface area contributed by atoms with Gasteiger partial charge < -0.3 is 0 Å². The second kappa shape index (κ2) is 9.58. The average molecular weight is 217 g/mol. The monoisotopic (exact) mass is 216 g/mol. The third-order valence-corrected chi connectivity index (χ3v) is 3.33. The number of alkyl halides is 1. The molecule has 0 aliphatic carbocycles. The molecule has 0 fully saturated rings. The molecule has 0 heterocycles. The zero-order chi connectivity index (χ0) is 10.8. The summed E-state index contributed by atoms with van der Waals surface area (Å²) in [6.45, 7) is 8.11. The van der Waals surface area contributed by atoms with E-state index in [0.717, 1.165) is 0 Å². The van der Waals surface area contributed by atoms with Crippen molar-refractivity contribution in [2.75, 3.05) is 0 Å². The Bertz CT molecular complexity index is 129. The van der Waals surface area contributed by atoms with Crippen LogP contribution in [-0.2, 0) is 0 Å². The molecule has 0 aromatic heterocycles. The predicted octanol–water partition coefficient (Wildman–Crippen LogP) is 5.17. The fourth-order valence-electron chi connectivity index (χ4n) is 1.49. The van der Waals surface area contributed by atoms with Crippen molar-refractivity contribution in [3.8, 4) is 0 Å². The van der Waals surface area contributed by atoms with Crippen molar-refractivity contribution in [1.29, 1.82) is 0 Å².